The Morgan fingerprint density at radius 2 is 1.52 bits per heavy atom. The Labute approximate surface area is 193 Å². The molecule has 0 aliphatic heterocycles. The average molecular weight is 432 g/mol. The highest BCUT2D eigenvalue weighted by Gasteiger charge is 2.18. The molecule has 0 saturated carbocycles. The van der Waals surface area contributed by atoms with E-state index in [9.17, 15) is 4.79 Å². The summed E-state index contributed by atoms with van der Waals surface area (Å²) in [5.41, 5.74) is 7.28. The molecule has 0 radical (unpaired) electrons. The molecule has 1 amide bonds. The van der Waals surface area contributed by atoms with Crippen molar-refractivity contribution in [2.24, 2.45) is 0 Å². The lowest BCUT2D eigenvalue weighted by Gasteiger charge is -2.11. The number of hydrogen-bond acceptors (Lipinski definition) is 2. The number of anilines is 1. The molecule has 0 atom stereocenters. The molecular formula is C29H25N3O. The van der Waals surface area contributed by atoms with Crippen molar-refractivity contribution in [3.05, 3.63) is 113 Å². The molecule has 0 saturated heterocycles. The lowest BCUT2D eigenvalue weighted by atomic mass is 10.0. The molecule has 1 heterocycles. The van der Waals surface area contributed by atoms with Crippen LogP contribution in [0.25, 0.3) is 27.7 Å². The second kappa shape index (κ2) is 8.40. The van der Waals surface area contributed by atoms with Gasteiger partial charge in [0, 0.05) is 11.3 Å². The lowest BCUT2D eigenvalue weighted by molar-refractivity contribution is 0.102. The van der Waals surface area contributed by atoms with Crippen molar-refractivity contribution in [2.75, 3.05) is 5.32 Å². The summed E-state index contributed by atoms with van der Waals surface area (Å²) in [5.74, 6) is -0.226. The van der Waals surface area contributed by atoms with Gasteiger partial charge in [0.15, 0.2) is 5.69 Å². The molecule has 33 heavy (non-hydrogen) atoms. The maximum atomic E-state index is 13.2. The number of rotatable bonds is 4. The van der Waals surface area contributed by atoms with E-state index >= 15 is 0 Å². The first-order chi connectivity index (χ1) is 16.0. The van der Waals surface area contributed by atoms with Gasteiger partial charge in [0.05, 0.1) is 11.4 Å². The minimum atomic E-state index is -0.226. The van der Waals surface area contributed by atoms with Crippen LogP contribution in [0.4, 0.5) is 5.69 Å². The van der Waals surface area contributed by atoms with Gasteiger partial charge in [0.1, 0.15) is 0 Å². The van der Waals surface area contributed by atoms with Gasteiger partial charge in [-0.3, -0.25) is 4.79 Å². The Balaban J connectivity index is 1.61. The Hall–Kier alpha value is -4.18. The Morgan fingerprint density at radius 3 is 2.30 bits per heavy atom. The van der Waals surface area contributed by atoms with E-state index in [4.69, 9.17) is 5.10 Å². The van der Waals surface area contributed by atoms with Crippen LogP contribution in [0.3, 0.4) is 0 Å². The van der Waals surface area contributed by atoms with Gasteiger partial charge in [0.2, 0.25) is 0 Å². The van der Waals surface area contributed by atoms with Crippen LogP contribution < -0.4 is 5.32 Å². The number of aryl methyl sites for hydroxylation is 3. The zero-order valence-electron chi connectivity index (χ0n) is 19.0. The van der Waals surface area contributed by atoms with E-state index in [1.165, 1.54) is 5.39 Å². The van der Waals surface area contributed by atoms with Crippen LogP contribution in [-0.4, -0.2) is 15.7 Å². The molecule has 4 aromatic carbocycles. The standard InChI is InChI=1S/C29H25N3O/c1-19-12-15-25(21(3)16-19)30-29(33)26-18-28(32(31-26)27-11-7-4-8-20(27)2)24-14-13-22-9-5-6-10-23(22)17-24/h4-18H,1-3H3,(H,30,33). The Kier molecular flexibility index (Phi) is 5.27. The van der Waals surface area contributed by atoms with Crippen LogP contribution in [0.1, 0.15) is 27.2 Å². The number of amides is 1. The van der Waals surface area contributed by atoms with E-state index in [1.54, 1.807) is 0 Å². The number of benzene rings is 4. The largest absolute Gasteiger partial charge is 0.320 e. The van der Waals surface area contributed by atoms with Crippen LogP contribution >= 0.6 is 0 Å². The molecule has 0 spiro atoms. The molecule has 0 fully saturated rings. The van der Waals surface area contributed by atoms with E-state index in [2.05, 4.69) is 54.7 Å². The molecule has 5 aromatic rings. The summed E-state index contributed by atoms with van der Waals surface area (Å²) in [6, 6.07) is 30.5. The summed E-state index contributed by atoms with van der Waals surface area (Å²) in [6.07, 6.45) is 0. The summed E-state index contributed by atoms with van der Waals surface area (Å²) in [5, 5.41) is 10.1. The molecule has 4 nitrogen and oxygen atoms in total. The zero-order chi connectivity index (χ0) is 22.9. The Bertz CT molecular complexity index is 1500. The van der Waals surface area contributed by atoms with Crippen LogP contribution in [0, 0.1) is 20.8 Å². The summed E-state index contributed by atoms with van der Waals surface area (Å²) < 4.78 is 1.87. The molecule has 0 unspecified atom stereocenters. The molecule has 1 aromatic heterocycles. The Morgan fingerprint density at radius 1 is 0.758 bits per heavy atom. The monoisotopic (exact) mass is 431 g/mol. The number of aromatic nitrogens is 2. The van der Waals surface area contributed by atoms with Crippen molar-refractivity contribution in [1.29, 1.82) is 0 Å². The number of carbonyl (C=O) groups is 1. The van der Waals surface area contributed by atoms with E-state index in [1.807, 2.05) is 67.1 Å². The molecular weight excluding hydrogens is 406 g/mol. The third kappa shape index (κ3) is 4.03. The molecule has 0 aliphatic rings. The quantitative estimate of drug-likeness (QED) is 0.337. The molecule has 4 heteroatoms. The van der Waals surface area contributed by atoms with Crippen molar-refractivity contribution in [3.63, 3.8) is 0 Å². The number of carbonyl (C=O) groups excluding carboxylic acids is 1. The fraction of sp³-hybridized carbons (Fsp3) is 0.103. The molecule has 0 aliphatic carbocycles. The number of nitrogens with one attached hydrogen (secondary N) is 1. The van der Waals surface area contributed by atoms with Gasteiger partial charge in [-0.15, -0.1) is 0 Å². The third-order valence-corrected chi connectivity index (χ3v) is 5.96. The zero-order valence-corrected chi connectivity index (χ0v) is 19.0. The molecule has 5 rings (SSSR count). The predicted molar refractivity (Wildman–Crippen MR) is 135 cm³/mol. The normalized spacial score (nSPS) is 11.0. The number of fused-ring (bicyclic) bond motifs is 1. The van der Waals surface area contributed by atoms with Crippen LogP contribution in [0.15, 0.2) is 91.0 Å². The van der Waals surface area contributed by atoms with Crippen LogP contribution in [0.5, 0.6) is 0 Å². The maximum Gasteiger partial charge on any atom is 0.276 e. The summed E-state index contributed by atoms with van der Waals surface area (Å²) in [4.78, 5) is 13.2. The summed E-state index contributed by atoms with van der Waals surface area (Å²) >= 11 is 0. The van der Waals surface area contributed by atoms with Gasteiger partial charge in [-0.25, -0.2) is 4.68 Å². The molecule has 0 bridgehead atoms. The van der Waals surface area contributed by atoms with Crippen molar-refractivity contribution >= 4 is 22.4 Å². The van der Waals surface area contributed by atoms with Gasteiger partial charge in [-0.2, -0.15) is 5.10 Å². The molecule has 162 valence electrons. The predicted octanol–water partition coefficient (Wildman–Crippen LogP) is 6.87. The maximum absolute atomic E-state index is 13.2. The van der Waals surface area contributed by atoms with Crippen LogP contribution in [0.2, 0.25) is 0 Å². The third-order valence-electron chi connectivity index (χ3n) is 5.96. The average Bonchev–Trinajstić information content (AvgIpc) is 3.26. The van der Waals surface area contributed by atoms with Gasteiger partial charge in [-0.05, 0) is 66.9 Å². The van der Waals surface area contributed by atoms with E-state index in [0.29, 0.717) is 5.69 Å². The second-order valence-electron chi connectivity index (χ2n) is 8.45. The SMILES string of the molecule is Cc1ccc(NC(=O)c2cc(-c3ccc4ccccc4c3)n(-c3ccccc3C)n2)c(C)c1. The number of nitrogens with zero attached hydrogens (tertiary/aromatic N) is 2. The van der Waals surface area contributed by atoms with E-state index in [0.717, 1.165) is 44.7 Å². The number of para-hydroxylation sites is 1. The first-order valence-electron chi connectivity index (χ1n) is 11.0. The fourth-order valence-electron chi connectivity index (χ4n) is 4.17. The van der Waals surface area contributed by atoms with Crippen molar-refractivity contribution in [2.45, 2.75) is 20.8 Å². The van der Waals surface area contributed by atoms with Gasteiger partial charge in [-0.1, -0.05) is 72.3 Å². The molecule has 1 N–H and O–H groups in total. The second-order valence-corrected chi connectivity index (χ2v) is 8.45. The smallest absolute Gasteiger partial charge is 0.276 e. The van der Waals surface area contributed by atoms with Crippen molar-refractivity contribution in [1.82, 2.24) is 9.78 Å². The van der Waals surface area contributed by atoms with Crippen LogP contribution in [-0.2, 0) is 0 Å². The van der Waals surface area contributed by atoms with E-state index < -0.39 is 0 Å². The first-order valence-corrected chi connectivity index (χ1v) is 11.0. The van der Waals surface area contributed by atoms with Gasteiger partial charge >= 0.3 is 0 Å². The highest BCUT2D eigenvalue weighted by Crippen LogP contribution is 2.29. The van der Waals surface area contributed by atoms with Crippen molar-refractivity contribution < 1.29 is 4.79 Å². The summed E-state index contributed by atoms with van der Waals surface area (Å²) in [7, 11) is 0. The topological polar surface area (TPSA) is 46.9 Å². The highest BCUT2D eigenvalue weighted by molar-refractivity contribution is 6.04. The fourth-order valence-corrected chi connectivity index (χ4v) is 4.17. The highest BCUT2D eigenvalue weighted by atomic mass is 16.2. The first kappa shape index (κ1) is 20.7. The minimum Gasteiger partial charge on any atom is -0.320 e. The van der Waals surface area contributed by atoms with Gasteiger partial charge in [0.25, 0.3) is 5.91 Å². The van der Waals surface area contributed by atoms with E-state index in [-0.39, 0.29) is 5.91 Å². The lowest BCUT2D eigenvalue weighted by Crippen LogP contribution is -2.14. The summed E-state index contributed by atoms with van der Waals surface area (Å²) in [6.45, 7) is 6.09. The minimum absolute atomic E-state index is 0.226. The van der Waals surface area contributed by atoms with Crippen molar-refractivity contribution in [3.8, 4) is 16.9 Å². The number of hydrogen-bond donors (Lipinski definition) is 1. The van der Waals surface area contributed by atoms with Gasteiger partial charge < -0.3 is 5.32 Å².